The van der Waals surface area contributed by atoms with Gasteiger partial charge < -0.3 is 24.8 Å². The van der Waals surface area contributed by atoms with E-state index >= 15 is 0 Å². The molecule has 9 nitrogen and oxygen atoms in total. The van der Waals surface area contributed by atoms with E-state index in [1.807, 2.05) is 12.1 Å². The lowest BCUT2D eigenvalue weighted by atomic mass is 10.0. The topological polar surface area (TPSA) is 106 Å². The van der Waals surface area contributed by atoms with Crippen LogP contribution in [0.2, 0.25) is 0 Å². The number of nitrogens with zero attached hydrogens (tertiary/aromatic N) is 1. The Bertz CT molecular complexity index is 778. The Morgan fingerprint density at radius 3 is 2.63 bits per heavy atom. The van der Waals surface area contributed by atoms with Crippen molar-refractivity contribution in [2.45, 2.75) is 31.7 Å². The minimum absolute atomic E-state index is 0.0549. The molecule has 0 bridgehead atoms. The zero-order valence-corrected chi connectivity index (χ0v) is 17.4. The number of rotatable bonds is 9. The molecule has 2 heterocycles. The molecule has 2 aliphatic rings. The van der Waals surface area contributed by atoms with Crippen LogP contribution in [0.15, 0.2) is 18.2 Å². The van der Waals surface area contributed by atoms with Gasteiger partial charge in [0.05, 0.1) is 20.6 Å². The van der Waals surface area contributed by atoms with Gasteiger partial charge in [-0.25, -0.2) is 4.79 Å². The highest BCUT2D eigenvalue weighted by molar-refractivity contribution is 6.05. The average molecular weight is 419 g/mol. The summed E-state index contributed by atoms with van der Waals surface area (Å²) in [5, 5.41) is 5.48. The fourth-order valence-electron chi connectivity index (χ4n) is 3.67. The molecule has 1 aromatic rings. The molecule has 9 heteroatoms. The molecule has 2 N–H and O–H groups in total. The summed E-state index contributed by atoms with van der Waals surface area (Å²) in [7, 11) is 3.11. The first-order chi connectivity index (χ1) is 14.5. The molecule has 0 unspecified atom stereocenters. The zero-order chi connectivity index (χ0) is 21.5. The van der Waals surface area contributed by atoms with Crippen LogP contribution in [0.5, 0.6) is 11.5 Å². The van der Waals surface area contributed by atoms with E-state index in [-0.39, 0.29) is 24.8 Å². The number of benzene rings is 1. The van der Waals surface area contributed by atoms with E-state index in [1.165, 1.54) is 0 Å². The van der Waals surface area contributed by atoms with Crippen LogP contribution in [0, 0.1) is 5.92 Å². The molecule has 0 radical (unpaired) electrons. The number of hydrogen-bond acceptors (Lipinski definition) is 6. The van der Waals surface area contributed by atoms with E-state index in [1.54, 1.807) is 20.3 Å². The fourth-order valence-corrected chi connectivity index (χ4v) is 3.67. The van der Waals surface area contributed by atoms with Crippen LogP contribution in [0.4, 0.5) is 4.79 Å². The van der Waals surface area contributed by atoms with Gasteiger partial charge in [-0.05, 0) is 42.9 Å². The van der Waals surface area contributed by atoms with Crippen molar-refractivity contribution in [1.82, 2.24) is 15.5 Å². The van der Waals surface area contributed by atoms with Gasteiger partial charge in [-0.1, -0.05) is 6.07 Å². The van der Waals surface area contributed by atoms with Gasteiger partial charge in [0.1, 0.15) is 6.04 Å². The van der Waals surface area contributed by atoms with Gasteiger partial charge >= 0.3 is 6.03 Å². The molecule has 164 valence electrons. The maximum atomic E-state index is 12.6. The maximum Gasteiger partial charge on any atom is 0.324 e. The van der Waals surface area contributed by atoms with Gasteiger partial charge in [-0.3, -0.25) is 14.5 Å². The van der Waals surface area contributed by atoms with Crippen LogP contribution in [-0.4, -0.2) is 69.3 Å². The summed E-state index contributed by atoms with van der Waals surface area (Å²) in [6, 6.07) is 4.17. The molecule has 1 atom stereocenters. The van der Waals surface area contributed by atoms with Crippen molar-refractivity contribution in [3.05, 3.63) is 23.8 Å². The van der Waals surface area contributed by atoms with Crippen molar-refractivity contribution >= 4 is 17.8 Å². The summed E-state index contributed by atoms with van der Waals surface area (Å²) in [6.45, 7) is 2.22. The fraction of sp³-hybridized carbons (Fsp3) is 0.571. The van der Waals surface area contributed by atoms with Crippen LogP contribution in [-0.2, 0) is 20.7 Å². The number of urea groups is 1. The van der Waals surface area contributed by atoms with Gasteiger partial charge in [0.2, 0.25) is 5.91 Å². The second-order valence-corrected chi connectivity index (χ2v) is 7.50. The van der Waals surface area contributed by atoms with Crippen molar-refractivity contribution in [3.63, 3.8) is 0 Å². The Balaban J connectivity index is 1.48. The third kappa shape index (κ3) is 5.41. The van der Waals surface area contributed by atoms with Crippen LogP contribution in [0.1, 0.15) is 24.8 Å². The summed E-state index contributed by atoms with van der Waals surface area (Å²) in [4.78, 5) is 38.2. The van der Waals surface area contributed by atoms with Gasteiger partial charge in [0, 0.05) is 26.3 Å². The highest BCUT2D eigenvalue weighted by Gasteiger charge is 2.38. The first-order valence-electron chi connectivity index (χ1n) is 10.2. The Kier molecular flexibility index (Phi) is 7.51. The van der Waals surface area contributed by atoms with E-state index in [4.69, 9.17) is 14.2 Å². The molecule has 30 heavy (non-hydrogen) atoms. The molecule has 3 rings (SSSR count). The number of hydrogen-bond donors (Lipinski definition) is 2. The SMILES string of the molecule is COc1ccc(CCN2C(=O)N[C@@H](CC(=O)NCC3CCOCC3)C2=O)cc1OC. The number of methoxy groups -OCH3 is 2. The molecule has 0 aliphatic carbocycles. The lowest BCUT2D eigenvalue weighted by Crippen LogP contribution is -2.39. The largest absolute Gasteiger partial charge is 0.493 e. The van der Waals surface area contributed by atoms with Gasteiger partial charge in [0.25, 0.3) is 5.91 Å². The number of nitrogens with one attached hydrogen (secondary N) is 2. The van der Waals surface area contributed by atoms with Crippen LogP contribution >= 0.6 is 0 Å². The molecule has 0 saturated carbocycles. The Hall–Kier alpha value is -2.81. The molecule has 1 aromatic carbocycles. The van der Waals surface area contributed by atoms with Crippen molar-refractivity contribution in [2.75, 3.05) is 40.5 Å². The van der Waals surface area contributed by atoms with Crippen molar-refractivity contribution in [1.29, 1.82) is 0 Å². The Morgan fingerprint density at radius 2 is 1.93 bits per heavy atom. The third-order valence-electron chi connectivity index (χ3n) is 5.50. The number of amides is 4. The van der Waals surface area contributed by atoms with E-state index in [0.717, 1.165) is 23.3 Å². The lowest BCUT2D eigenvalue weighted by molar-refractivity contribution is -0.130. The minimum Gasteiger partial charge on any atom is -0.493 e. The lowest BCUT2D eigenvalue weighted by Gasteiger charge is -2.22. The zero-order valence-electron chi connectivity index (χ0n) is 17.4. The summed E-state index contributed by atoms with van der Waals surface area (Å²) in [6.07, 6.45) is 2.26. The van der Waals surface area contributed by atoms with Gasteiger partial charge in [0.15, 0.2) is 11.5 Å². The maximum absolute atomic E-state index is 12.6. The molecule has 0 spiro atoms. The summed E-state index contributed by atoms with van der Waals surface area (Å²) >= 11 is 0. The first kappa shape index (κ1) is 21.9. The summed E-state index contributed by atoms with van der Waals surface area (Å²) < 4.78 is 15.8. The third-order valence-corrected chi connectivity index (χ3v) is 5.50. The quantitative estimate of drug-likeness (QED) is 0.581. The van der Waals surface area contributed by atoms with Crippen molar-refractivity contribution < 1.29 is 28.6 Å². The second kappa shape index (κ2) is 10.3. The summed E-state index contributed by atoms with van der Waals surface area (Å²) in [5.41, 5.74) is 0.908. The smallest absolute Gasteiger partial charge is 0.324 e. The van der Waals surface area contributed by atoms with Crippen LogP contribution in [0.25, 0.3) is 0 Å². The normalized spacial score (nSPS) is 19.5. The van der Waals surface area contributed by atoms with Crippen molar-refractivity contribution in [2.24, 2.45) is 5.92 Å². The molecule has 0 aromatic heterocycles. The van der Waals surface area contributed by atoms with Crippen molar-refractivity contribution in [3.8, 4) is 11.5 Å². The van der Waals surface area contributed by atoms with E-state index in [9.17, 15) is 14.4 Å². The van der Waals surface area contributed by atoms with E-state index < -0.39 is 12.1 Å². The highest BCUT2D eigenvalue weighted by Crippen LogP contribution is 2.28. The highest BCUT2D eigenvalue weighted by atomic mass is 16.5. The molecular weight excluding hydrogens is 390 g/mol. The van der Waals surface area contributed by atoms with Crippen LogP contribution in [0.3, 0.4) is 0 Å². The number of ether oxygens (including phenoxy) is 3. The Morgan fingerprint density at radius 1 is 1.20 bits per heavy atom. The number of imide groups is 1. The first-order valence-corrected chi connectivity index (χ1v) is 10.2. The van der Waals surface area contributed by atoms with Gasteiger partial charge in [-0.2, -0.15) is 0 Å². The van der Waals surface area contributed by atoms with E-state index in [2.05, 4.69) is 10.6 Å². The average Bonchev–Trinajstić information content (AvgIpc) is 3.03. The second-order valence-electron chi connectivity index (χ2n) is 7.50. The van der Waals surface area contributed by atoms with Crippen LogP contribution < -0.4 is 20.1 Å². The monoisotopic (exact) mass is 419 g/mol. The van der Waals surface area contributed by atoms with Gasteiger partial charge in [-0.15, -0.1) is 0 Å². The number of carbonyl (C=O) groups is 3. The standard InChI is InChI=1S/C21H29N3O6/c1-28-17-4-3-14(11-18(17)29-2)5-8-24-20(26)16(23-21(24)27)12-19(25)22-13-15-6-9-30-10-7-15/h3-4,11,15-16H,5-10,12-13H2,1-2H3,(H,22,25)(H,23,27)/t16-/m0/s1. The molecule has 2 fully saturated rings. The number of carbonyl (C=O) groups excluding carboxylic acids is 3. The molecule has 2 aliphatic heterocycles. The Labute approximate surface area is 176 Å². The van der Waals surface area contributed by atoms with E-state index in [0.29, 0.717) is 43.6 Å². The summed E-state index contributed by atoms with van der Waals surface area (Å²) in [5.74, 6) is 0.993. The molecule has 4 amide bonds. The molecule has 2 saturated heterocycles. The predicted molar refractivity (Wildman–Crippen MR) is 108 cm³/mol. The molecular formula is C21H29N3O6. The minimum atomic E-state index is -0.822. The predicted octanol–water partition coefficient (Wildman–Crippen LogP) is 1.10.